The zero-order chi connectivity index (χ0) is 14.3. The molecule has 1 unspecified atom stereocenters. The quantitative estimate of drug-likeness (QED) is 0.645. The van der Waals surface area contributed by atoms with Crippen LogP contribution in [-0.2, 0) is 14.6 Å². The first kappa shape index (κ1) is 16.5. The molecule has 4 nitrogen and oxygen atoms in total. The maximum absolute atomic E-state index is 12.3. The van der Waals surface area contributed by atoms with Crippen LogP contribution in [0.15, 0.2) is 0 Å². The summed E-state index contributed by atoms with van der Waals surface area (Å²) in [6.07, 6.45) is 6.24. The molecule has 112 valence electrons. The van der Waals surface area contributed by atoms with Crippen molar-refractivity contribution in [3.8, 4) is 0 Å². The van der Waals surface area contributed by atoms with Gasteiger partial charge in [-0.15, -0.1) is 0 Å². The maximum atomic E-state index is 12.3. The minimum atomic E-state index is -2.92. The number of rotatable bonds is 8. The SMILES string of the molecule is CCCCCC(=O)N(CCCC)C1CCS(=O)(=O)C1. The molecule has 0 saturated carbocycles. The number of nitrogens with zero attached hydrogens (tertiary/aromatic N) is 1. The van der Waals surface area contributed by atoms with Gasteiger partial charge in [0.15, 0.2) is 9.84 Å². The lowest BCUT2D eigenvalue weighted by molar-refractivity contribution is -0.133. The smallest absolute Gasteiger partial charge is 0.222 e. The average Bonchev–Trinajstić information content (AvgIpc) is 2.70. The van der Waals surface area contributed by atoms with E-state index in [-0.39, 0.29) is 23.5 Å². The fraction of sp³-hybridized carbons (Fsp3) is 0.929. The Kier molecular flexibility index (Phi) is 6.83. The van der Waals surface area contributed by atoms with Crippen LogP contribution < -0.4 is 0 Å². The topological polar surface area (TPSA) is 54.5 Å². The number of amides is 1. The van der Waals surface area contributed by atoms with E-state index in [1.165, 1.54) is 0 Å². The first-order valence-corrected chi connectivity index (χ1v) is 9.32. The molecule has 0 N–H and O–H groups in total. The molecule has 1 aliphatic rings. The van der Waals surface area contributed by atoms with Crippen LogP contribution in [0.1, 0.15) is 58.8 Å². The summed E-state index contributed by atoms with van der Waals surface area (Å²) in [4.78, 5) is 14.1. The minimum Gasteiger partial charge on any atom is -0.339 e. The molecule has 0 aromatic heterocycles. The molecule has 1 heterocycles. The second kappa shape index (κ2) is 7.88. The van der Waals surface area contributed by atoms with Gasteiger partial charge >= 0.3 is 0 Å². The molecular formula is C14H27NO3S. The van der Waals surface area contributed by atoms with Crippen LogP contribution in [0.3, 0.4) is 0 Å². The van der Waals surface area contributed by atoms with Gasteiger partial charge in [0, 0.05) is 19.0 Å². The second-order valence-corrected chi connectivity index (χ2v) is 7.68. The molecule has 1 amide bonds. The second-order valence-electron chi connectivity index (χ2n) is 5.45. The predicted octanol–water partition coefficient (Wildman–Crippen LogP) is 2.38. The van der Waals surface area contributed by atoms with E-state index in [1.807, 2.05) is 4.90 Å². The van der Waals surface area contributed by atoms with Gasteiger partial charge in [-0.25, -0.2) is 8.42 Å². The van der Waals surface area contributed by atoms with E-state index in [4.69, 9.17) is 0 Å². The fourth-order valence-corrected chi connectivity index (χ4v) is 4.26. The molecule has 19 heavy (non-hydrogen) atoms. The monoisotopic (exact) mass is 289 g/mol. The summed E-state index contributed by atoms with van der Waals surface area (Å²) in [7, 11) is -2.92. The van der Waals surface area contributed by atoms with Crippen LogP contribution >= 0.6 is 0 Å². The first-order chi connectivity index (χ1) is 9.00. The fourth-order valence-electron chi connectivity index (χ4n) is 2.53. The van der Waals surface area contributed by atoms with Gasteiger partial charge in [-0.3, -0.25) is 4.79 Å². The van der Waals surface area contributed by atoms with Gasteiger partial charge in [0.1, 0.15) is 0 Å². The number of hydrogen-bond acceptors (Lipinski definition) is 3. The molecule has 1 rings (SSSR count). The summed E-state index contributed by atoms with van der Waals surface area (Å²) in [6, 6.07) is -0.0781. The summed E-state index contributed by atoms with van der Waals surface area (Å²) >= 11 is 0. The highest BCUT2D eigenvalue weighted by atomic mass is 32.2. The molecule has 0 bridgehead atoms. The normalized spacial score (nSPS) is 21.5. The third-order valence-corrected chi connectivity index (χ3v) is 5.47. The van der Waals surface area contributed by atoms with E-state index in [0.29, 0.717) is 19.4 Å². The van der Waals surface area contributed by atoms with Crippen molar-refractivity contribution in [2.45, 2.75) is 64.8 Å². The largest absolute Gasteiger partial charge is 0.339 e. The van der Waals surface area contributed by atoms with E-state index >= 15 is 0 Å². The van der Waals surface area contributed by atoms with E-state index in [0.717, 1.165) is 32.1 Å². The number of sulfone groups is 1. The van der Waals surface area contributed by atoms with Crippen molar-refractivity contribution in [2.75, 3.05) is 18.1 Å². The van der Waals surface area contributed by atoms with Crippen LogP contribution in [0.2, 0.25) is 0 Å². The summed E-state index contributed by atoms with van der Waals surface area (Å²) in [6.45, 7) is 4.91. The van der Waals surface area contributed by atoms with Gasteiger partial charge in [0.05, 0.1) is 11.5 Å². The Balaban J connectivity index is 2.58. The molecule has 0 spiro atoms. The molecule has 5 heteroatoms. The molecule has 0 aromatic rings. The predicted molar refractivity (Wildman–Crippen MR) is 77.8 cm³/mol. The Morgan fingerprint density at radius 2 is 1.84 bits per heavy atom. The number of carbonyl (C=O) groups excluding carboxylic acids is 1. The van der Waals surface area contributed by atoms with Crippen LogP contribution in [0.5, 0.6) is 0 Å². The Morgan fingerprint density at radius 3 is 2.37 bits per heavy atom. The third-order valence-electron chi connectivity index (χ3n) is 3.72. The first-order valence-electron chi connectivity index (χ1n) is 7.50. The molecule has 1 saturated heterocycles. The zero-order valence-electron chi connectivity index (χ0n) is 12.2. The molecular weight excluding hydrogens is 262 g/mol. The van der Waals surface area contributed by atoms with E-state index in [1.54, 1.807) is 0 Å². The average molecular weight is 289 g/mol. The van der Waals surface area contributed by atoms with Crippen molar-refractivity contribution >= 4 is 15.7 Å². The van der Waals surface area contributed by atoms with Crippen molar-refractivity contribution in [3.05, 3.63) is 0 Å². The zero-order valence-corrected chi connectivity index (χ0v) is 13.0. The van der Waals surface area contributed by atoms with Crippen molar-refractivity contribution in [1.29, 1.82) is 0 Å². The summed E-state index contributed by atoms with van der Waals surface area (Å²) < 4.78 is 23.1. The summed E-state index contributed by atoms with van der Waals surface area (Å²) in [5, 5.41) is 0. The molecule has 1 fully saturated rings. The van der Waals surface area contributed by atoms with E-state index in [2.05, 4.69) is 13.8 Å². The number of carbonyl (C=O) groups is 1. The highest BCUT2D eigenvalue weighted by Crippen LogP contribution is 2.20. The van der Waals surface area contributed by atoms with E-state index < -0.39 is 9.84 Å². The van der Waals surface area contributed by atoms with Gasteiger partial charge in [-0.2, -0.15) is 0 Å². The highest BCUT2D eigenvalue weighted by Gasteiger charge is 2.33. The lowest BCUT2D eigenvalue weighted by Crippen LogP contribution is -2.41. The lowest BCUT2D eigenvalue weighted by Gasteiger charge is -2.28. The maximum Gasteiger partial charge on any atom is 0.222 e. The standard InChI is InChI=1S/C14H27NO3S/c1-3-5-7-8-14(16)15(10-6-4-2)13-9-11-19(17,18)12-13/h13H,3-12H2,1-2H3. The van der Waals surface area contributed by atoms with Crippen LogP contribution in [-0.4, -0.2) is 43.3 Å². The van der Waals surface area contributed by atoms with Crippen molar-refractivity contribution in [2.24, 2.45) is 0 Å². The van der Waals surface area contributed by atoms with Gasteiger partial charge < -0.3 is 4.90 Å². The van der Waals surface area contributed by atoms with Gasteiger partial charge in [0.2, 0.25) is 5.91 Å². The molecule has 0 radical (unpaired) electrons. The van der Waals surface area contributed by atoms with Crippen molar-refractivity contribution in [3.63, 3.8) is 0 Å². The Bertz CT molecular complexity index is 378. The van der Waals surface area contributed by atoms with Crippen LogP contribution in [0.25, 0.3) is 0 Å². The highest BCUT2D eigenvalue weighted by molar-refractivity contribution is 7.91. The van der Waals surface area contributed by atoms with Crippen molar-refractivity contribution in [1.82, 2.24) is 4.90 Å². The van der Waals surface area contributed by atoms with Gasteiger partial charge in [-0.1, -0.05) is 33.1 Å². The van der Waals surface area contributed by atoms with Crippen LogP contribution in [0, 0.1) is 0 Å². The summed E-state index contributed by atoms with van der Waals surface area (Å²) in [5.41, 5.74) is 0. The number of hydrogen-bond donors (Lipinski definition) is 0. The van der Waals surface area contributed by atoms with Gasteiger partial charge in [0.25, 0.3) is 0 Å². The van der Waals surface area contributed by atoms with Gasteiger partial charge in [-0.05, 0) is 19.3 Å². The molecule has 1 atom stereocenters. The Labute approximate surface area is 117 Å². The van der Waals surface area contributed by atoms with E-state index in [9.17, 15) is 13.2 Å². The molecule has 0 aliphatic carbocycles. The Morgan fingerprint density at radius 1 is 1.16 bits per heavy atom. The number of unbranched alkanes of at least 4 members (excludes halogenated alkanes) is 3. The molecule has 0 aromatic carbocycles. The minimum absolute atomic E-state index is 0.0781. The molecule has 1 aliphatic heterocycles. The lowest BCUT2D eigenvalue weighted by atomic mass is 10.1. The third kappa shape index (κ3) is 5.51. The Hall–Kier alpha value is -0.580. The summed E-state index contributed by atoms with van der Waals surface area (Å²) in [5.74, 6) is 0.544. The van der Waals surface area contributed by atoms with Crippen molar-refractivity contribution < 1.29 is 13.2 Å². The van der Waals surface area contributed by atoms with Crippen LogP contribution in [0.4, 0.5) is 0 Å².